The van der Waals surface area contributed by atoms with Crippen LogP contribution in [0.3, 0.4) is 0 Å². The first-order valence-electron chi connectivity index (χ1n) is 4.70. The fourth-order valence-electron chi connectivity index (χ4n) is 1.71. The third-order valence-corrected chi connectivity index (χ3v) is 3.23. The van der Waals surface area contributed by atoms with Gasteiger partial charge in [-0.25, -0.2) is 0 Å². The lowest BCUT2D eigenvalue weighted by molar-refractivity contribution is 0.965. The van der Waals surface area contributed by atoms with Crippen molar-refractivity contribution in [3.05, 3.63) is 51.2 Å². The molecule has 0 unspecified atom stereocenters. The molecule has 2 rings (SSSR count). The van der Waals surface area contributed by atoms with Crippen molar-refractivity contribution < 1.29 is 0 Å². The first-order chi connectivity index (χ1) is 7.09. The average molecular weight is 285 g/mol. The van der Waals surface area contributed by atoms with Gasteiger partial charge in [-0.3, -0.25) is 0 Å². The van der Waals surface area contributed by atoms with Crippen LogP contribution in [0.15, 0.2) is 34.8 Å². The number of aromatic nitrogens is 1. The first kappa shape index (κ1) is 10.8. The Morgan fingerprint density at radius 3 is 2.27 bits per heavy atom. The van der Waals surface area contributed by atoms with Crippen molar-refractivity contribution in [1.82, 2.24) is 4.57 Å². The maximum Gasteiger partial charge on any atom is 0.0652 e. The van der Waals surface area contributed by atoms with Crippen LogP contribution >= 0.6 is 27.5 Å². The molecular formula is C12H11BrClN. The number of halogens is 2. The zero-order valence-corrected chi connectivity index (χ0v) is 10.9. The van der Waals surface area contributed by atoms with Crippen molar-refractivity contribution in [3.63, 3.8) is 0 Å². The van der Waals surface area contributed by atoms with Crippen LogP contribution in [0.5, 0.6) is 0 Å². The third kappa shape index (κ3) is 1.97. The summed E-state index contributed by atoms with van der Waals surface area (Å²) in [5, 5.41) is 0.764. The molecular weight excluding hydrogens is 273 g/mol. The molecule has 0 spiro atoms. The van der Waals surface area contributed by atoms with Gasteiger partial charge in [0, 0.05) is 15.9 Å². The van der Waals surface area contributed by atoms with Crippen molar-refractivity contribution in [2.45, 2.75) is 13.8 Å². The Kier molecular flexibility index (Phi) is 2.89. The van der Waals surface area contributed by atoms with Crippen LogP contribution in [-0.2, 0) is 0 Å². The fourth-order valence-corrected chi connectivity index (χ4v) is 2.26. The van der Waals surface area contributed by atoms with Gasteiger partial charge in [0.05, 0.1) is 10.7 Å². The monoisotopic (exact) mass is 283 g/mol. The molecule has 0 radical (unpaired) electrons. The lowest BCUT2D eigenvalue weighted by Gasteiger charge is -2.11. The van der Waals surface area contributed by atoms with Crippen LogP contribution in [0.1, 0.15) is 11.4 Å². The number of hydrogen-bond donors (Lipinski definition) is 0. The van der Waals surface area contributed by atoms with Crippen LogP contribution in [0.2, 0.25) is 5.02 Å². The predicted molar refractivity (Wildman–Crippen MR) is 68.0 cm³/mol. The summed E-state index contributed by atoms with van der Waals surface area (Å²) in [7, 11) is 0. The summed E-state index contributed by atoms with van der Waals surface area (Å²) in [6, 6.07) is 10.1. The SMILES string of the molecule is Cc1ccc(C)n1-c1cc(Br)ccc1Cl. The van der Waals surface area contributed by atoms with Gasteiger partial charge in [-0.2, -0.15) is 0 Å². The molecule has 0 saturated carbocycles. The maximum atomic E-state index is 6.19. The highest BCUT2D eigenvalue weighted by atomic mass is 79.9. The zero-order chi connectivity index (χ0) is 11.0. The molecule has 1 heterocycles. The second-order valence-corrected chi connectivity index (χ2v) is 4.87. The van der Waals surface area contributed by atoms with E-state index in [1.165, 1.54) is 11.4 Å². The van der Waals surface area contributed by atoms with Crippen LogP contribution in [0, 0.1) is 13.8 Å². The molecule has 0 N–H and O–H groups in total. The Morgan fingerprint density at radius 2 is 1.67 bits per heavy atom. The van der Waals surface area contributed by atoms with Crippen LogP contribution in [0.4, 0.5) is 0 Å². The summed E-state index contributed by atoms with van der Waals surface area (Å²) in [4.78, 5) is 0. The van der Waals surface area contributed by atoms with Crippen LogP contribution < -0.4 is 0 Å². The summed E-state index contributed by atoms with van der Waals surface area (Å²) in [5.41, 5.74) is 3.39. The van der Waals surface area contributed by atoms with E-state index < -0.39 is 0 Å². The van der Waals surface area contributed by atoms with Gasteiger partial charge < -0.3 is 4.57 Å². The largest absolute Gasteiger partial charge is 0.317 e. The Hall–Kier alpha value is -0.730. The Balaban J connectivity index is 2.68. The lowest BCUT2D eigenvalue weighted by atomic mass is 10.3. The van der Waals surface area contributed by atoms with E-state index in [1.54, 1.807) is 0 Å². The van der Waals surface area contributed by atoms with Gasteiger partial charge >= 0.3 is 0 Å². The van der Waals surface area contributed by atoms with Gasteiger partial charge in [0.1, 0.15) is 0 Å². The highest BCUT2D eigenvalue weighted by Gasteiger charge is 2.07. The van der Waals surface area contributed by atoms with Gasteiger partial charge in [-0.05, 0) is 44.2 Å². The molecule has 2 aromatic rings. The minimum Gasteiger partial charge on any atom is -0.317 e. The minimum atomic E-state index is 0.764. The maximum absolute atomic E-state index is 6.19. The molecule has 0 fully saturated rings. The molecule has 0 bridgehead atoms. The molecule has 1 aromatic carbocycles. The van der Waals surface area contributed by atoms with E-state index in [1.807, 2.05) is 18.2 Å². The molecule has 0 aliphatic carbocycles. The molecule has 1 nitrogen and oxygen atoms in total. The number of benzene rings is 1. The lowest BCUT2D eigenvalue weighted by Crippen LogP contribution is -1.99. The molecule has 0 aliphatic rings. The summed E-state index contributed by atoms with van der Waals surface area (Å²) in [6.07, 6.45) is 0. The molecule has 1 aromatic heterocycles. The van der Waals surface area contributed by atoms with Crippen LogP contribution in [-0.4, -0.2) is 4.57 Å². The van der Waals surface area contributed by atoms with Crippen molar-refractivity contribution in [2.24, 2.45) is 0 Å². The van der Waals surface area contributed by atoms with Gasteiger partial charge in [0.15, 0.2) is 0 Å². The molecule has 0 aliphatic heterocycles. The standard InChI is InChI=1S/C12H11BrClN/c1-8-3-4-9(2)15(8)12-7-10(13)5-6-11(12)14/h3-7H,1-2H3. The molecule has 78 valence electrons. The van der Waals surface area contributed by atoms with Crippen molar-refractivity contribution in [3.8, 4) is 5.69 Å². The summed E-state index contributed by atoms with van der Waals surface area (Å²) in [5.74, 6) is 0. The molecule has 0 saturated heterocycles. The first-order valence-corrected chi connectivity index (χ1v) is 5.87. The Bertz CT molecular complexity index is 483. The number of aryl methyl sites for hydroxylation is 2. The summed E-state index contributed by atoms with van der Waals surface area (Å²) >= 11 is 9.65. The Labute approximate surface area is 103 Å². The van der Waals surface area contributed by atoms with Crippen LogP contribution in [0.25, 0.3) is 5.69 Å². The summed E-state index contributed by atoms with van der Waals surface area (Å²) < 4.78 is 3.18. The smallest absolute Gasteiger partial charge is 0.0652 e. The van der Waals surface area contributed by atoms with E-state index in [0.29, 0.717) is 0 Å². The van der Waals surface area contributed by atoms with E-state index in [9.17, 15) is 0 Å². The second-order valence-electron chi connectivity index (χ2n) is 3.55. The molecule has 15 heavy (non-hydrogen) atoms. The van der Waals surface area contributed by atoms with E-state index in [-0.39, 0.29) is 0 Å². The quantitative estimate of drug-likeness (QED) is 0.726. The minimum absolute atomic E-state index is 0.764. The van der Waals surface area contributed by atoms with Gasteiger partial charge in [0.25, 0.3) is 0 Å². The second kappa shape index (κ2) is 4.03. The number of rotatable bonds is 1. The number of hydrogen-bond acceptors (Lipinski definition) is 0. The highest BCUT2D eigenvalue weighted by Crippen LogP contribution is 2.27. The zero-order valence-electron chi connectivity index (χ0n) is 8.59. The molecule has 0 atom stereocenters. The van der Waals surface area contributed by atoms with Crippen molar-refractivity contribution in [2.75, 3.05) is 0 Å². The van der Waals surface area contributed by atoms with Crippen molar-refractivity contribution in [1.29, 1.82) is 0 Å². The normalized spacial score (nSPS) is 10.7. The number of nitrogens with zero attached hydrogens (tertiary/aromatic N) is 1. The van der Waals surface area contributed by atoms with Gasteiger partial charge in [-0.1, -0.05) is 27.5 Å². The fraction of sp³-hybridized carbons (Fsp3) is 0.167. The van der Waals surface area contributed by atoms with E-state index in [2.05, 4.69) is 46.5 Å². The average Bonchev–Trinajstić information content (AvgIpc) is 2.51. The predicted octanol–water partition coefficient (Wildman–Crippen LogP) is 4.51. The Morgan fingerprint density at radius 1 is 1.07 bits per heavy atom. The molecule has 3 heteroatoms. The third-order valence-electron chi connectivity index (χ3n) is 2.42. The van der Waals surface area contributed by atoms with Crippen molar-refractivity contribution >= 4 is 27.5 Å². The van der Waals surface area contributed by atoms with Gasteiger partial charge in [0.2, 0.25) is 0 Å². The van der Waals surface area contributed by atoms with E-state index in [0.717, 1.165) is 15.2 Å². The topological polar surface area (TPSA) is 4.93 Å². The van der Waals surface area contributed by atoms with E-state index >= 15 is 0 Å². The van der Waals surface area contributed by atoms with E-state index in [4.69, 9.17) is 11.6 Å². The highest BCUT2D eigenvalue weighted by molar-refractivity contribution is 9.10. The summed E-state index contributed by atoms with van der Waals surface area (Å²) in [6.45, 7) is 4.15. The van der Waals surface area contributed by atoms with Gasteiger partial charge in [-0.15, -0.1) is 0 Å². The molecule has 0 amide bonds.